The molecule has 1 saturated carbocycles. The largest absolute Gasteiger partial charge is 0.473 e. The molecule has 13 heteroatoms. The predicted molar refractivity (Wildman–Crippen MR) is 112 cm³/mol. The number of anilines is 1. The monoisotopic (exact) mass is 510 g/mol. The minimum atomic E-state index is -4.76. The highest BCUT2D eigenvalue weighted by atomic mass is 19.4. The molecule has 1 aliphatic carbocycles. The molecule has 2 bridgehead atoms. The molecule has 3 fully saturated rings. The first-order valence-corrected chi connectivity index (χ1v) is 10.9. The highest BCUT2D eigenvalue weighted by Crippen LogP contribution is 2.60. The molecule has 7 rings (SSSR count). The smallest absolute Gasteiger partial charge is 0.433 e. The van der Waals surface area contributed by atoms with Gasteiger partial charge in [0.1, 0.15) is 29.5 Å². The molecule has 188 valence electrons. The molecule has 0 N–H and O–H groups in total. The predicted octanol–water partition coefficient (Wildman–Crippen LogP) is 4.38. The highest BCUT2D eigenvalue weighted by Gasteiger charge is 2.69. The Balaban J connectivity index is 1.19. The Labute approximate surface area is 198 Å². The third-order valence-corrected chi connectivity index (χ3v) is 6.69. The zero-order chi connectivity index (χ0) is 25.5. The van der Waals surface area contributed by atoms with Gasteiger partial charge < -0.3 is 14.4 Å². The van der Waals surface area contributed by atoms with E-state index in [0.29, 0.717) is 31.3 Å². The number of hydrogen-bond acceptors (Lipinski definition) is 6. The fourth-order valence-corrected chi connectivity index (χ4v) is 5.31. The Morgan fingerprint density at radius 1 is 1.06 bits per heavy atom. The minimum absolute atomic E-state index is 0.0214. The van der Waals surface area contributed by atoms with Gasteiger partial charge in [-0.15, -0.1) is 0 Å². The number of alkyl halides is 4. The van der Waals surface area contributed by atoms with Gasteiger partial charge in [0.2, 0.25) is 5.88 Å². The summed E-state index contributed by atoms with van der Waals surface area (Å²) < 4.78 is 94.0. The second kappa shape index (κ2) is 7.37. The van der Waals surface area contributed by atoms with E-state index in [1.54, 1.807) is 0 Å². The summed E-state index contributed by atoms with van der Waals surface area (Å²) in [6.45, 7) is 0.158. The van der Waals surface area contributed by atoms with Gasteiger partial charge in [0.15, 0.2) is 17.4 Å². The highest BCUT2D eigenvalue weighted by molar-refractivity contribution is 5.56. The Morgan fingerprint density at radius 3 is 2.47 bits per heavy atom. The Bertz CT molecular complexity index is 1430. The summed E-state index contributed by atoms with van der Waals surface area (Å²) in [7, 11) is 0. The van der Waals surface area contributed by atoms with Crippen LogP contribution in [-0.2, 0) is 19.3 Å². The van der Waals surface area contributed by atoms with Crippen molar-refractivity contribution in [3.8, 4) is 17.4 Å². The molecule has 0 atom stereocenters. The van der Waals surface area contributed by atoms with Crippen molar-refractivity contribution in [2.75, 3.05) is 11.4 Å². The number of pyridine rings is 1. The number of nitrogens with zero attached hydrogens (tertiary/aromatic N) is 4. The maximum Gasteiger partial charge on any atom is 0.433 e. The molecular formula is C23H16F6N4O3. The number of ether oxygens (including phenoxy) is 2. The van der Waals surface area contributed by atoms with Gasteiger partial charge >= 0.3 is 11.9 Å². The van der Waals surface area contributed by atoms with E-state index in [2.05, 4.69) is 9.97 Å². The van der Waals surface area contributed by atoms with Crippen LogP contribution in [0.2, 0.25) is 0 Å². The summed E-state index contributed by atoms with van der Waals surface area (Å²) in [5.41, 5.74) is -3.50. The fraction of sp³-hybridized carbons (Fsp3) is 0.348. The molecule has 4 aliphatic rings. The molecule has 3 aliphatic heterocycles. The maximum absolute atomic E-state index is 14.6. The van der Waals surface area contributed by atoms with Crippen LogP contribution in [0, 0.1) is 11.6 Å². The van der Waals surface area contributed by atoms with E-state index >= 15 is 0 Å². The van der Waals surface area contributed by atoms with Gasteiger partial charge in [-0.3, -0.25) is 9.55 Å². The number of aromatic nitrogens is 3. The van der Waals surface area contributed by atoms with Crippen LogP contribution >= 0.6 is 0 Å². The summed E-state index contributed by atoms with van der Waals surface area (Å²) in [4.78, 5) is 21.3. The van der Waals surface area contributed by atoms with Crippen molar-refractivity contribution < 1.29 is 35.8 Å². The first kappa shape index (κ1) is 22.7. The van der Waals surface area contributed by atoms with Crippen LogP contribution in [0.15, 0.2) is 41.3 Å². The summed E-state index contributed by atoms with van der Waals surface area (Å²) >= 11 is 0. The van der Waals surface area contributed by atoms with Crippen LogP contribution in [0.4, 0.5) is 32.2 Å². The third-order valence-electron chi connectivity index (χ3n) is 6.69. The van der Waals surface area contributed by atoms with Crippen LogP contribution in [0.5, 0.6) is 17.4 Å². The molecule has 1 aromatic carbocycles. The molecule has 5 heterocycles. The zero-order valence-electron chi connectivity index (χ0n) is 18.3. The molecule has 36 heavy (non-hydrogen) atoms. The number of benzene rings is 1. The lowest BCUT2D eigenvalue weighted by Crippen LogP contribution is -2.50. The van der Waals surface area contributed by atoms with E-state index in [4.69, 9.17) is 9.47 Å². The number of hydrogen-bond donors (Lipinski definition) is 0. The molecule has 1 spiro atoms. The molecule has 0 unspecified atom stereocenters. The SMILES string of the molecule is O=c1nc(OCc2cc(F)c(Oc3ccnc(C(F)(F)F)c3)c(F)c2)cc2n1CC13CC(F)(CN21)C3. The quantitative estimate of drug-likeness (QED) is 0.475. The van der Waals surface area contributed by atoms with E-state index < -0.39 is 51.9 Å². The second-order valence-corrected chi connectivity index (χ2v) is 9.29. The second-order valence-electron chi connectivity index (χ2n) is 9.29. The standard InChI is InChI=1S/C23H16F6N4O3/c24-14-3-12(4-15(25)19(14)36-13-1-2-30-16(5-13)23(27,28)29)7-35-17-6-18-32(20(34)31-17)11-22-8-21(26,9-22)10-33(18)22/h1-6H,7-11H2. The van der Waals surface area contributed by atoms with Crippen molar-refractivity contribution in [2.45, 2.75) is 43.4 Å². The number of fused-ring (bicyclic) bond motifs is 1. The summed E-state index contributed by atoms with van der Waals surface area (Å²) in [6, 6.07) is 4.82. The normalized spacial score (nSPS) is 23.8. The topological polar surface area (TPSA) is 69.5 Å². The maximum atomic E-state index is 14.6. The molecule has 3 aromatic rings. The summed E-state index contributed by atoms with van der Waals surface area (Å²) in [5, 5.41) is 0. The Morgan fingerprint density at radius 2 is 1.78 bits per heavy atom. The van der Waals surface area contributed by atoms with Crippen molar-refractivity contribution in [1.29, 1.82) is 0 Å². The van der Waals surface area contributed by atoms with E-state index in [-0.39, 0.29) is 24.6 Å². The Hall–Kier alpha value is -3.77. The third kappa shape index (κ3) is 3.56. The van der Waals surface area contributed by atoms with Gasteiger partial charge in [0, 0.05) is 31.2 Å². The van der Waals surface area contributed by atoms with Gasteiger partial charge in [0.25, 0.3) is 0 Å². The molecule has 0 radical (unpaired) electrons. The van der Waals surface area contributed by atoms with Crippen molar-refractivity contribution in [3.05, 3.63) is 69.9 Å². The average Bonchev–Trinajstić information content (AvgIpc) is 3.35. The first-order chi connectivity index (χ1) is 16.9. The van der Waals surface area contributed by atoms with E-state index in [0.717, 1.165) is 24.4 Å². The average molecular weight is 510 g/mol. The van der Waals surface area contributed by atoms with Crippen molar-refractivity contribution in [1.82, 2.24) is 14.5 Å². The van der Waals surface area contributed by atoms with Crippen LogP contribution in [0.1, 0.15) is 24.1 Å². The van der Waals surface area contributed by atoms with Crippen LogP contribution < -0.4 is 20.1 Å². The Kier molecular flexibility index (Phi) is 4.64. The molecule has 0 amide bonds. The van der Waals surface area contributed by atoms with Gasteiger partial charge in [0.05, 0.1) is 18.6 Å². The van der Waals surface area contributed by atoms with E-state index in [1.807, 2.05) is 4.90 Å². The van der Waals surface area contributed by atoms with Crippen molar-refractivity contribution >= 4 is 5.82 Å². The van der Waals surface area contributed by atoms with Crippen LogP contribution in [-0.4, -0.2) is 32.3 Å². The zero-order valence-corrected chi connectivity index (χ0v) is 18.3. The van der Waals surface area contributed by atoms with E-state index in [9.17, 15) is 31.1 Å². The molecule has 2 aromatic heterocycles. The number of halogens is 6. The lowest BCUT2D eigenvalue weighted by Gasteiger charge is -2.40. The molecule has 2 saturated heterocycles. The summed E-state index contributed by atoms with van der Waals surface area (Å²) in [5.74, 6) is -3.29. The lowest BCUT2D eigenvalue weighted by atomic mass is 9.71. The van der Waals surface area contributed by atoms with Gasteiger partial charge in [-0.05, 0) is 23.8 Å². The number of rotatable bonds is 5. The molecule has 7 nitrogen and oxygen atoms in total. The first-order valence-electron chi connectivity index (χ1n) is 10.9. The minimum Gasteiger partial charge on any atom is -0.473 e. The van der Waals surface area contributed by atoms with Crippen molar-refractivity contribution in [3.63, 3.8) is 0 Å². The van der Waals surface area contributed by atoms with Gasteiger partial charge in [-0.1, -0.05) is 0 Å². The van der Waals surface area contributed by atoms with Crippen LogP contribution in [0.25, 0.3) is 0 Å². The van der Waals surface area contributed by atoms with Gasteiger partial charge in [-0.2, -0.15) is 18.2 Å². The van der Waals surface area contributed by atoms with Gasteiger partial charge in [-0.25, -0.2) is 18.0 Å². The van der Waals surface area contributed by atoms with Crippen molar-refractivity contribution in [2.24, 2.45) is 0 Å². The summed E-state index contributed by atoms with van der Waals surface area (Å²) in [6.07, 6.45) is -3.25. The fourth-order valence-electron chi connectivity index (χ4n) is 5.31. The lowest BCUT2D eigenvalue weighted by molar-refractivity contribution is -0.141. The molecular weight excluding hydrogens is 494 g/mol. The van der Waals surface area contributed by atoms with Crippen LogP contribution in [0.3, 0.4) is 0 Å². The van der Waals surface area contributed by atoms with E-state index in [1.165, 1.54) is 10.6 Å².